The van der Waals surface area contributed by atoms with E-state index in [0.29, 0.717) is 29.0 Å². The molecule has 2 N–H and O–H groups in total. The van der Waals surface area contributed by atoms with E-state index in [1.54, 1.807) is 7.11 Å². The molecule has 0 amide bonds. The summed E-state index contributed by atoms with van der Waals surface area (Å²) in [5.74, 6) is 1.64. The molecule has 0 aromatic heterocycles. The van der Waals surface area contributed by atoms with E-state index in [2.05, 4.69) is 15.8 Å². The number of benzene rings is 1. The number of fused-ring (bicyclic) bond motifs is 1. The van der Waals surface area contributed by atoms with Crippen molar-refractivity contribution in [3.8, 4) is 11.5 Å². The van der Waals surface area contributed by atoms with Crippen molar-refractivity contribution in [3.05, 3.63) is 22.7 Å². The Kier molecular flexibility index (Phi) is 4.22. The third-order valence-electron chi connectivity index (χ3n) is 4.00. The van der Waals surface area contributed by atoms with Crippen molar-refractivity contribution in [2.75, 3.05) is 26.8 Å². The third-order valence-corrected chi connectivity index (χ3v) is 4.28. The van der Waals surface area contributed by atoms with Crippen LogP contribution < -0.4 is 20.2 Å². The normalized spacial score (nSPS) is 24.0. The molecule has 2 aliphatic heterocycles. The molecule has 1 saturated heterocycles. The van der Waals surface area contributed by atoms with Gasteiger partial charge in [0.25, 0.3) is 0 Å². The Balaban J connectivity index is 1.91. The summed E-state index contributed by atoms with van der Waals surface area (Å²) in [6, 6.07) is 4.07. The van der Waals surface area contributed by atoms with E-state index in [4.69, 9.17) is 21.1 Å². The van der Waals surface area contributed by atoms with Crippen LogP contribution in [0.1, 0.15) is 24.9 Å². The van der Waals surface area contributed by atoms with Gasteiger partial charge in [0.15, 0.2) is 11.5 Å². The van der Waals surface area contributed by atoms with Crippen molar-refractivity contribution in [1.82, 2.24) is 10.7 Å². The number of halogens is 1. The summed E-state index contributed by atoms with van der Waals surface area (Å²) in [4.78, 5) is 0. The van der Waals surface area contributed by atoms with Crippen LogP contribution in [-0.2, 0) is 0 Å². The highest BCUT2D eigenvalue weighted by molar-refractivity contribution is 6.32. The number of nitrogens with one attached hydrogen (secondary N) is 2. The first-order chi connectivity index (χ1) is 10.2. The van der Waals surface area contributed by atoms with E-state index in [0.717, 1.165) is 25.1 Å². The smallest absolute Gasteiger partial charge is 0.179 e. The number of rotatable bonds is 4. The fraction of sp³-hybridized carbons (Fsp3) is 0.533. The zero-order valence-corrected chi connectivity index (χ0v) is 13.0. The lowest BCUT2D eigenvalue weighted by molar-refractivity contribution is 0.310. The number of piperidine rings is 1. The molecule has 114 valence electrons. The molecule has 5 nitrogen and oxygen atoms in total. The van der Waals surface area contributed by atoms with Crippen LogP contribution in [0.3, 0.4) is 0 Å². The summed E-state index contributed by atoms with van der Waals surface area (Å²) in [6.07, 6.45) is 0.996. The molecule has 1 fully saturated rings. The molecule has 21 heavy (non-hydrogen) atoms. The van der Waals surface area contributed by atoms with Crippen molar-refractivity contribution in [2.45, 2.75) is 19.4 Å². The molecule has 6 heteroatoms. The zero-order valence-electron chi connectivity index (χ0n) is 12.3. The second-order valence-corrected chi connectivity index (χ2v) is 5.64. The van der Waals surface area contributed by atoms with E-state index >= 15 is 0 Å². The zero-order chi connectivity index (χ0) is 14.8. The molecular weight excluding hydrogens is 290 g/mol. The van der Waals surface area contributed by atoms with Gasteiger partial charge in [0, 0.05) is 31.1 Å². The molecule has 2 heterocycles. The van der Waals surface area contributed by atoms with Gasteiger partial charge in [-0.15, -0.1) is 0 Å². The number of nitrogens with zero attached hydrogens (tertiary/aromatic N) is 1. The minimum Gasteiger partial charge on any atom is -0.493 e. The van der Waals surface area contributed by atoms with E-state index in [1.807, 2.05) is 19.1 Å². The predicted octanol–water partition coefficient (Wildman–Crippen LogP) is 2.36. The first-order valence-electron chi connectivity index (χ1n) is 7.27. The lowest BCUT2D eigenvalue weighted by Crippen LogP contribution is -2.38. The minimum atomic E-state index is 0.134. The fourth-order valence-corrected chi connectivity index (χ4v) is 3.25. The van der Waals surface area contributed by atoms with Crippen molar-refractivity contribution in [2.24, 2.45) is 11.0 Å². The van der Waals surface area contributed by atoms with E-state index in [9.17, 15) is 0 Å². The molecule has 0 radical (unpaired) electrons. The van der Waals surface area contributed by atoms with Gasteiger partial charge >= 0.3 is 0 Å². The van der Waals surface area contributed by atoms with Crippen LogP contribution in [0.25, 0.3) is 0 Å². The molecule has 2 unspecified atom stereocenters. The number of hydrogen-bond donors (Lipinski definition) is 2. The molecule has 0 bridgehead atoms. The van der Waals surface area contributed by atoms with Crippen LogP contribution in [-0.4, -0.2) is 32.5 Å². The summed E-state index contributed by atoms with van der Waals surface area (Å²) in [6.45, 7) is 4.41. The monoisotopic (exact) mass is 309 g/mol. The summed E-state index contributed by atoms with van der Waals surface area (Å²) >= 11 is 6.36. The standard InChI is InChI=1S/C15H20ClN3O2/c1-3-21-15-11(16)6-9(7-13(15)20-2)14-10-8-17-5-4-12(10)18-19-14/h6-7,10,14,17,19H,3-5,8H2,1-2H3. The van der Waals surface area contributed by atoms with Crippen LogP contribution in [0.4, 0.5) is 0 Å². The number of methoxy groups -OCH3 is 1. The summed E-state index contributed by atoms with van der Waals surface area (Å²) < 4.78 is 11.0. The quantitative estimate of drug-likeness (QED) is 0.896. The van der Waals surface area contributed by atoms with Crippen molar-refractivity contribution in [1.29, 1.82) is 0 Å². The van der Waals surface area contributed by atoms with Crippen molar-refractivity contribution < 1.29 is 9.47 Å². The van der Waals surface area contributed by atoms with E-state index in [1.165, 1.54) is 5.71 Å². The SMILES string of the molecule is CCOc1c(Cl)cc(C2NN=C3CCNCC32)cc1OC. The van der Waals surface area contributed by atoms with Gasteiger partial charge in [-0.2, -0.15) is 5.10 Å². The van der Waals surface area contributed by atoms with Crippen LogP contribution in [0, 0.1) is 5.92 Å². The third kappa shape index (κ3) is 2.68. The van der Waals surface area contributed by atoms with Crippen molar-refractivity contribution in [3.63, 3.8) is 0 Å². The first kappa shape index (κ1) is 14.5. The van der Waals surface area contributed by atoms with Gasteiger partial charge in [0.1, 0.15) is 0 Å². The Labute approximate surface area is 129 Å². The summed E-state index contributed by atoms with van der Waals surface area (Å²) in [7, 11) is 1.63. The highest BCUT2D eigenvalue weighted by atomic mass is 35.5. The van der Waals surface area contributed by atoms with Crippen molar-refractivity contribution >= 4 is 17.3 Å². The molecule has 1 aromatic rings. The molecule has 0 aliphatic carbocycles. The number of ether oxygens (including phenoxy) is 2. The summed E-state index contributed by atoms with van der Waals surface area (Å²) in [5, 5.41) is 8.47. The van der Waals surface area contributed by atoms with Gasteiger partial charge < -0.3 is 20.2 Å². The largest absolute Gasteiger partial charge is 0.493 e. The second kappa shape index (κ2) is 6.12. The fourth-order valence-electron chi connectivity index (χ4n) is 2.98. The number of hydrogen-bond acceptors (Lipinski definition) is 5. The lowest BCUT2D eigenvalue weighted by Gasteiger charge is -2.26. The molecule has 3 rings (SSSR count). The highest BCUT2D eigenvalue weighted by Gasteiger charge is 2.35. The van der Waals surface area contributed by atoms with Gasteiger partial charge in [-0.1, -0.05) is 11.6 Å². The van der Waals surface area contributed by atoms with Gasteiger partial charge in [-0.3, -0.25) is 0 Å². The van der Waals surface area contributed by atoms with Gasteiger partial charge in [-0.25, -0.2) is 0 Å². The Hall–Kier alpha value is -1.46. The van der Waals surface area contributed by atoms with Gasteiger partial charge in [0.05, 0.1) is 24.8 Å². The Morgan fingerprint density at radius 2 is 2.29 bits per heavy atom. The Morgan fingerprint density at radius 3 is 3.05 bits per heavy atom. The molecule has 0 saturated carbocycles. The molecule has 1 aromatic carbocycles. The van der Waals surface area contributed by atoms with Crippen LogP contribution in [0.2, 0.25) is 5.02 Å². The van der Waals surface area contributed by atoms with Crippen LogP contribution in [0.15, 0.2) is 17.2 Å². The summed E-state index contributed by atoms with van der Waals surface area (Å²) in [5.41, 5.74) is 5.55. The lowest BCUT2D eigenvalue weighted by atomic mass is 9.87. The topological polar surface area (TPSA) is 54.9 Å². The minimum absolute atomic E-state index is 0.134. The maximum absolute atomic E-state index is 6.36. The van der Waals surface area contributed by atoms with E-state index in [-0.39, 0.29) is 6.04 Å². The van der Waals surface area contributed by atoms with Crippen LogP contribution >= 0.6 is 11.6 Å². The maximum atomic E-state index is 6.36. The van der Waals surface area contributed by atoms with Gasteiger partial charge in [0.2, 0.25) is 0 Å². The predicted molar refractivity (Wildman–Crippen MR) is 83.5 cm³/mol. The molecule has 0 spiro atoms. The average Bonchev–Trinajstić information content (AvgIpc) is 2.93. The molecule has 2 aliphatic rings. The van der Waals surface area contributed by atoms with Gasteiger partial charge in [-0.05, 0) is 24.6 Å². The molecule has 2 atom stereocenters. The average molecular weight is 310 g/mol. The van der Waals surface area contributed by atoms with Crippen LogP contribution in [0.5, 0.6) is 11.5 Å². The number of hydrazone groups is 1. The van der Waals surface area contributed by atoms with E-state index < -0.39 is 0 Å². The Bertz CT molecular complexity index is 562. The highest BCUT2D eigenvalue weighted by Crippen LogP contribution is 2.40. The second-order valence-electron chi connectivity index (χ2n) is 5.24. The Morgan fingerprint density at radius 1 is 1.43 bits per heavy atom. The molecular formula is C15H20ClN3O2. The first-order valence-corrected chi connectivity index (χ1v) is 7.65. The maximum Gasteiger partial charge on any atom is 0.179 e.